The fraction of sp³-hybridized carbons (Fsp3) is 0.421. The van der Waals surface area contributed by atoms with E-state index in [1.165, 1.54) is 17.6 Å². The highest BCUT2D eigenvalue weighted by Gasteiger charge is 2.28. The monoisotopic (exact) mass is 297 g/mol. The van der Waals surface area contributed by atoms with Crippen molar-refractivity contribution < 1.29 is 0 Å². The molecule has 1 aromatic carbocycles. The highest BCUT2D eigenvalue weighted by Crippen LogP contribution is 2.26. The van der Waals surface area contributed by atoms with Gasteiger partial charge in [0, 0.05) is 37.1 Å². The van der Waals surface area contributed by atoms with Crippen LogP contribution < -0.4 is 5.73 Å². The lowest BCUT2D eigenvalue weighted by molar-refractivity contribution is 0.276. The van der Waals surface area contributed by atoms with Crippen molar-refractivity contribution in [3.63, 3.8) is 0 Å². The maximum Gasteiger partial charge on any atom is 0.0384 e. The molecule has 3 nitrogen and oxygen atoms in total. The second-order valence-corrected chi connectivity index (χ2v) is 5.80. The largest absolute Gasteiger partial charge is 0.402 e. The van der Waals surface area contributed by atoms with Crippen molar-refractivity contribution in [2.45, 2.75) is 38.8 Å². The number of allylic oxidation sites excluding steroid dienone is 1. The molecule has 1 aliphatic rings. The smallest absolute Gasteiger partial charge is 0.0384 e. The molecule has 2 rings (SSSR count). The Morgan fingerprint density at radius 3 is 2.73 bits per heavy atom. The molecule has 0 aromatic heterocycles. The number of rotatable bonds is 6. The predicted octanol–water partition coefficient (Wildman–Crippen LogP) is 3.62. The molecule has 1 aliphatic heterocycles. The SMILES string of the molecule is C=Cc1ccc(CN2CCC[C@H]2C(C=NC)=C(N)CC)cc1. The molecule has 0 bridgehead atoms. The maximum atomic E-state index is 6.23. The van der Waals surface area contributed by atoms with Gasteiger partial charge in [0.1, 0.15) is 0 Å². The minimum atomic E-state index is 0.391. The van der Waals surface area contributed by atoms with Gasteiger partial charge < -0.3 is 5.73 Å². The summed E-state index contributed by atoms with van der Waals surface area (Å²) in [5.41, 5.74) is 10.9. The zero-order chi connectivity index (χ0) is 15.9. The summed E-state index contributed by atoms with van der Waals surface area (Å²) in [6.45, 7) is 7.98. The van der Waals surface area contributed by atoms with E-state index in [1.54, 1.807) is 0 Å². The topological polar surface area (TPSA) is 41.6 Å². The lowest BCUT2D eigenvalue weighted by atomic mass is 10.0. The van der Waals surface area contributed by atoms with E-state index >= 15 is 0 Å². The van der Waals surface area contributed by atoms with Gasteiger partial charge in [0.25, 0.3) is 0 Å². The predicted molar refractivity (Wildman–Crippen MR) is 95.9 cm³/mol. The molecule has 0 aliphatic carbocycles. The second-order valence-electron chi connectivity index (χ2n) is 5.80. The lowest BCUT2D eigenvalue weighted by Crippen LogP contribution is -2.32. The molecule has 118 valence electrons. The van der Waals surface area contributed by atoms with Crippen LogP contribution in [0.2, 0.25) is 0 Å². The highest BCUT2D eigenvalue weighted by atomic mass is 15.2. The molecule has 3 heteroatoms. The molecule has 0 amide bonds. The summed E-state index contributed by atoms with van der Waals surface area (Å²) in [6.07, 6.45) is 7.07. The van der Waals surface area contributed by atoms with Gasteiger partial charge in [0.2, 0.25) is 0 Å². The van der Waals surface area contributed by atoms with Gasteiger partial charge in [0.05, 0.1) is 0 Å². The molecule has 1 aromatic rings. The quantitative estimate of drug-likeness (QED) is 0.815. The first kappa shape index (κ1) is 16.5. The molecule has 0 radical (unpaired) electrons. The average molecular weight is 297 g/mol. The van der Waals surface area contributed by atoms with Crippen LogP contribution in [-0.2, 0) is 6.54 Å². The zero-order valence-electron chi connectivity index (χ0n) is 13.8. The van der Waals surface area contributed by atoms with E-state index in [0.29, 0.717) is 6.04 Å². The van der Waals surface area contributed by atoms with E-state index in [-0.39, 0.29) is 0 Å². The van der Waals surface area contributed by atoms with E-state index in [2.05, 4.69) is 47.7 Å². The minimum absolute atomic E-state index is 0.391. The Bertz CT molecular complexity index is 555. The Labute approximate surface area is 134 Å². The first-order chi connectivity index (χ1) is 10.7. The van der Waals surface area contributed by atoms with Crippen molar-refractivity contribution in [1.29, 1.82) is 0 Å². The number of likely N-dealkylation sites (tertiary alicyclic amines) is 1. The summed E-state index contributed by atoms with van der Waals surface area (Å²) < 4.78 is 0. The van der Waals surface area contributed by atoms with Crippen LogP contribution in [0.1, 0.15) is 37.3 Å². The average Bonchev–Trinajstić information content (AvgIpc) is 3.00. The van der Waals surface area contributed by atoms with E-state index in [0.717, 1.165) is 37.2 Å². The summed E-state index contributed by atoms with van der Waals surface area (Å²) >= 11 is 0. The first-order valence-electron chi connectivity index (χ1n) is 8.05. The molecule has 1 atom stereocenters. The fourth-order valence-corrected chi connectivity index (χ4v) is 3.09. The summed E-state index contributed by atoms with van der Waals surface area (Å²) in [7, 11) is 1.82. The normalized spacial score (nSPS) is 20.4. The van der Waals surface area contributed by atoms with Gasteiger partial charge in [-0.2, -0.15) is 0 Å². The molecule has 0 spiro atoms. The number of nitrogens with two attached hydrogens (primary N) is 1. The fourth-order valence-electron chi connectivity index (χ4n) is 3.09. The third-order valence-corrected chi connectivity index (χ3v) is 4.34. The van der Waals surface area contributed by atoms with Gasteiger partial charge in [-0.15, -0.1) is 0 Å². The summed E-state index contributed by atoms with van der Waals surface area (Å²) in [5, 5.41) is 0. The second kappa shape index (κ2) is 7.95. The Balaban J connectivity index is 2.17. The van der Waals surface area contributed by atoms with Crippen molar-refractivity contribution in [1.82, 2.24) is 4.90 Å². The van der Waals surface area contributed by atoms with Crippen molar-refractivity contribution in [3.8, 4) is 0 Å². The summed E-state index contributed by atoms with van der Waals surface area (Å²) in [4.78, 5) is 6.73. The van der Waals surface area contributed by atoms with E-state index in [1.807, 2.05) is 19.3 Å². The van der Waals surface area contributed by atoms with E-state index in [9.17, 15) is 0 Å². The van der Waals surface area contributed by atoms with Crippen LogP contribution in [0.15, 0.2) is 47.1 Å². The highest BCUT2D eigenvalue weighted by molar-refractivity contribution is 5.81. The van der Waals surface area contributed by atoms with Crippen LogP contribution in [0.5, 0.6) is 0 Å². The standard InChI is InChI=1S/C19H27N3/c1-4-15-8-10-16(11-9-15)14-22-12-6-7-19(22)17(13-21-3)18(20)5-2/h4,8-11,13,19H,1,5-7,12,14,20H2,2-3H3/t19-/m0/s1. The molecular formula is C19H27N3. The van der Waals surface area contributed by atoms with Crippen molar-refractivity contribution >= 4 is 12.3 Å². The number of hydrogen-bond donors (Lipinski definition) is 1. The Morgan fingerprint density at radius 2 is 2.14 bits per heavy atom. The summed E-state index contributed by atoms with van der Waals surface area (Å²) in [5.74, 6) is 0. The molecule has 2 N–H and O–H groups in total. The van der Waals surface area contributed by atoms with Crippen LogP contribution in [0, 0.1) is 0 Å². The zero-order valence-corrected chi connectivity index (χ0v) is 13.8. The first-order valence-corrected chi connectivity index (χ1v) is 8.05. The maximum absolute atomic E-state index is 6.23. The van der Waals surface area contributed by atoms with Crippen LogP contribution >= 0.6 is 0 Å². The van der Waals surface area contributed by atoms with E-state index in [4.69, 9.17) is 5.73 Å². The molecule has 22 heavy (non-hydrogen) atoms. The van der Waals surface area contributed by atoms with Gasteiger partial charge >= 0.3 is 0 Å². The van der Waals surface area contributed by atoms with Gasteiger partial charge in [0.15, 0.2) is 0 Å². The molecule has 1 heterocycles. The third kappa shape index (κ3) is 3.86. The van der Waals surface area contributed by atoms with Gasteiger partial charge in [-0.05, 0) is 36.9 Å². The minimum Gasteiger partial charge on any atom is -0.402 e. The molecule has 1 saturated heterocycles. The Morgan fingerprint density at radius 1 is 1.41 bits per heavy atom. The molecule has 1 fully saturated rings. The van der Waals surface area contributed by atoms with Crippen LogP contribution in [-0.4, -0.2) is 30.7 Å². The van der Waals surface area contributed by atoms with Crippen molar-refractivity contribution in [3.05, 3.63) is 53.2 Å². The van der Waals surface area contributed by atoms with Gasteiger partial charge in [-0.1, -0.05) is 43.8 Å². The number of hydrogen-bond acceptors (Lipinski definition) is 3. The van der Waals surface area contributed by atoms with Gasteiger partial charge in [-0.3, -0.25) is 9.89 Å². The van der Waals surface area contributed by atoms with Crippen LogP contribution in [0.3, 0.4) is 0 Å². The van der Waals surface area contributed by atoms with E-state index < -0.39 is 0 Å². The number of aliphatic imine (C=N–C) groups is 1. The van der Waals surface area contributed by atoms with Gasteiger partial charge in [-0.25, -0.2) is 0 Å². The summed E-state index contributed by atoms with van der Waals surface area (Å²) in [6, 6.07) is 9.01. The Hall–Kier alpha value is -1.87. The molecular weight excluding hydrogens is 270 g/mol. The number of benzene rings is 1. The van der Waals surface area contributed by atoms with Crippen molar-refractivity contribution in [2.75, 3.05) is 13.6 Å². The lowest BCUT2D eigenvalue weighted by Gasteiger charge is -2.26. The van der Waals surface area contributed by atoms with Crippen molar-refractivity contribution in [2.24, 2.45) is 10.7 Å². The molecule has 0 saturated carbocycles. The third-order valence-electron chi connectivity index (χ3n) is 4.34. The molecule has 0 unspecified atom stereocenters. The Kier molecular flexibility index (Phi) is 5.96. The van der Waals surface area contributed by atoms with Crippen LogP contribution in [0.25, 0.3) is 6.08 Å². The van der Waals surface area contributed by atoms with Crippen LogP contribution in [0.4, 0.5) is 0 Å². The number of nitrogens with zero attached hydrogens (tertiary/aromatic N) is 2.